The SMILES string of the molecule is COc1ccc(CNc2nccc(NC3CC3)n2)cc1. The van der Waals surface area contributed by atoms with Crippen LogP contribution in [0.15, 0.2) is 36.5 Å². The van der Waals surface area contributed by atoms with Gasteiger partial charge in [0.1, 0.15) is 11.6 Å². The van der Waals surface area contributed by atoms with Crippen LogP contribution in [0.5, 0.6) is 5.75 Å². The highest BCUT2D eigenvalue weighted by Gasteiger charge is 2.21. The van der Waals surface area contributed by atoms with Gasteiger partial charge in [-0.05, 0) is 36.6 Å². The van der Waals surface area contributed by atoms with E-state index in [0.717, 1.165) is 17.1 Å². The molecule has 0 aliphatic heterocycles. The van der Waals surface area contributed by atoms with Crippen LogP contribution in [0.25, 0.3) is 0 Å². The molecule has 0 saturated heterocycles. The topological polar surface area (TPSA) is 59.1 Å². The van der Waals surface area contributed by atoms with E-state index in [2.05, 4.69) is 20.6 Å². The zero-order valence-corrected chi connectivity index (χ0v) is 11.5. The molecule has 5 heteroatoms. The Morgan fingerprint density at radius 2 is 2.00 bits per heavy atom. The Hall–Kier alpha value is -2.30. The van der Waals surface area contributed by atoms with Crippen LogP contribution in [0.1, 0.15) is 18.4 Å². The first-order valence-corrected chi connectivity index (χ1v) is 6.80. The van der Waals surface area contributed by atoms with Crippen LogP contribution >= 0.6 is 0 Å². The number of hydrogen-bond donors (Lipinski definition) is 2. The molecule has 1 aliphatic carbocycles. The molecule has 1 fully saturated rings. The molecule has 20 heavy (non-hydrogen) atoms. The number of nitrogens with zero attached hydrogens (tertiary/aromatic N) is 2. The molecule has 2 aromatic rings. The molecule has 0 bridgehead atoms. The molecule has 5 nitrogen and oxygen atoms in total. The number of aromatic nitrogens is 2. The van der Waals surface area contributed by atoms with Gasteiger partial charge in [0.25, 0.3) is 0 Å². The zero-order valence-electron chi connectivity index (χ0n) is 11.5. The lowest BCUT2D eigenvalue weighted by Crippen LogP contribution is -2.07. The van der Waals surface area contributed by atoms with Gasteiger partial charge in [0.15, 0.2) is 0 Å². The zero-order chi connectivity index (χ0) is 13.8. The van der Waals surface area contributed by atoms with E-state index in [1.807, 2.05) is 30.3 Å². The molecular formula is C15H18N4O. The number of nitrogens with one attached hydrogen (secondary N) is 2. The Bertz CT molecular complexity index is 566. The van der Waals surface area contributed by atoms with Gasteiger partial charge < -0.3 is 15.4 Å². The average molecular weight is 270 g/mol. The van der Waals surface area contributed by atoms with Crippen LogP contribution in [0.4, 0.5) is 11.8 Å². The smallest absolute Gasteiger partial charge is 0.224 e. The van der Waals surface area contributed by atoms with Crippen LogP contribution in [-0.4, -0.2) is 23.1 Å². The van der Waals surface area contributed by atoms with Crippen molar-refractivity contribution in [3.63, 3.8) is 0 Å². The normalized spacial score (nSPS) is 13.8. The molecule has 1 aromatic carbocycles. The molecule has 104 valence electrons. The van der Waals surface area contributed by atoms with E-state index in [1.165, 1.54) is 12.8 Å². The summed E-state index contributed by atoms with van der Waals surface area (Å²) in [5.41, 5.74) is 1.16. The van der Waals surface area contributed by atoms with Gasteiger partial charge in [0, 0.05) is 18.8 Å². The highest BCUT2D eigenvalue weighted by molar-refractivity contribution is 5.41. The van der Waals surface area contributed by atoms with Crippen molar-refractivity contribution in [1.29, 1.82) is 0 Å². The molecule has 1 heterocycles. The van der Waals surface area contributed by atoms with Gasteiger partial charge in [-0.1, -0.05) is 12.1 Å². The number of methoxy groups -OCH3 is 1. The van der Waals surface area contributed by atoms with Gasteiger partial charge in [-0.2, -0.15) is 4.98 Å². The first-order chi connectivity index (χ1) is 9.83. The minimum absolute atomic E-state index is 0.597. The second-order valence-electron chi connectivity index (χ2n) is 4.89. The van der Waals surface area contributed by atoms with Crippen LogP contribution < -0.4 is 15.4 Å². The van der Waals surface area contributed by atoms with Crippen molar-refractivity contribution in [2.45, 2.75) is 25.4 Å². The van der Waals surface area contributed by atoms with Crippen molar-refractivity contribution >= 4 is 11.8 Å². The summed E-state index contributed by atoms with van der Waals surface area (Å²) in [6.07, 6.45) is 4.24. The van der Waals surface area contributed by atoms with E-state index in [-0.39, 0.29) is 0 Å². The molecule has 0 radical (unpaired) electrons. The monoisotopic (exact) mass is 270 g/mol. The highest BCUT2D eigenvalue weighted by atomic mass is 16.5. The van der Waals surface area contributed by atoms with Gasteiger partial charge in [0.2, 0.25) is 5.95 Å². The molecule has 0 unspecified atom stereocenters. The van der Waals surface area contributed by atoms with Gasteiger partial charge >= 0.3 is 0 Å². The van der Waals surface area contributed by atoms with E-state index < -0.39 is 0 Å². The summed E-state index contributed by atoms with van der Waals surface area (Å²) in [6.45, 7) is 0.691. The van der Waals surface area contributed by atoms with Gasteiger partial charge in [0.05, 0.1) is 7.11 Å². The first-order valence-electron chi connectivity index (χ1n) is 6.80. The second kappa shape index (κ2) is 5.77. The molecule has 2 N–H and O–H groups in total. The van der Waals surface area contributed by atoms with E-state index in [1.54, 1.807) is 13.3 Å². The van der Waals surface area contributed by atoms with Crippen molar-refractivity contribution in [3.05, 3.63) is 42.1 Å². The summed E-state index contributed by atoms with van der Waals surface area (Å²) >= 11 is 0. The molecule has 0 atom stereocenters. The fourth-order valence-electron chi connectivity index (χ4n) is 1.89. The first kappa shape index (κ1) is 12.7. The Morgan fingerprint density at radius 1 is 1.20 bits per heavy atom. The quantitative estimate of drug-likeness (QED) is 0.845. The molecular weight excluding hydrogens is 252 g/mol. The summed E-state index contributed by atoms with van der Waals surface area (Å²) in [7, 11) is 1.67. The third kappa shape index (κ3) is 3.38. The van der Waals surface area contributed by atoms with Crippen molar-refractivity contribution in [1.82, 2.24) is 9.97 Å². The maximum Gasteiger partial charge on any atom is 0.224 e. The maximum atomic E-state index is 5.14. The number of rotatable bonds is 6. The lowest BCUT2D eigenvalue weighted by molar-refractivity contribution is 0.414. The molecule has 1 saturated carbocycles. The predicted molar refractivity (Wildman–Crippen MR) is 79.0 cm³/mol. The molecule has 3 rings (SSSR count). The fourth-order valence-corrected chi connectivity index (χ4v) is 1.89. The van der Waals surface area contributed by atoms with E-state index in [9.17, 15) is 0 Å². The lowest BCUT2D eigenvalue weighted by atomic mass is 10.2. The summed E-state index contributed by atoms with van der Waals surface area (Å²) < 4.78 is 5.14. The van der Waals surface area contributed by atoms with Crippen LogP contribution in [0.3, 0.4) is 0 Å². The van der Waals surface area contributed by atoms with Crippen molar-refractivity contribution in [3.8, 4) is 5.75 Å². The van der Waals surface area contributed by atoms with Crippen LogP contribution in [0.2, 0.25) is 0 Å². The highest BCUT2D eigenvalue weighted by Crippen LogP contribution is 2.23. The van der Waals surface area contributed by atoms with E-state index in [0.29, 0.717) is 18.5 Å². The molecule has 1 aliphatic rings. The Morgan fingerprint density at radius 3 is 2.70 bits per heavy atom. The average Bonchev–Trinajstić information content (AvgIpc) is 3.30. The van der Waals surface area contributed by atoms with E-state index in [4.69, 9.17) is 4.74 Å². The molecule has 1 aromatic heterocycles. The number of anilines is 2. The standard InChI is InChI=1S/C15H18N4O/c1-20-13-6-2-11(3-7-13)10-17-15-16-9-8-14(19-15)18-12-4-5-12/h2-3,6-9,12H,4-5,10H2,1H3,(H2,16,17,18,19). The summed E-state index contributed by atoms with van der Waals surface area (Å²) in [5, 5.41) is 6.59. The Balaban J connectivity index is 1.58. The summed E-state index contributed by atoms with van der Waals surface area (Å²) in [5.74, 6) is 2.40. The third-order valence-corrected chi connectivity index (χ3v) is 3.19. The minimum Gasteiger partial charge on any atom is -0.497 e. The number of ether oxygens (including phenoxy) is 1. The predicted octanol–water partition coefficient (Wildman–Crippen LogP) is 2.67. The lowest BCUT2D eigenvalue weighted by Gasteiger charge is -2.08. The van der Waals surface area contributed by atoms with Crippen LogP contribution in [0, 0.1) is 0 Å². The number of benzene rings is 1. The summed E-state index contributed by atoms with van der Waals surface area (Å²) in [4.78, 5) is 8.67. The third-order valence-electron chi connectivity index (χ3n) is 3.19. The second-order valence-corrected chi connectivity index (χ2v) is 4.89. The van der Waals surface area contributed by atoms with Gasteiger partial charge in [-0.3, -0.25) is 0 Å². The largest absolute Gasteiger partial charge is 0.497 e. The van der Waals surface area contributed by atoms with Crippen molar-refractivity contribution < 1.29 is 4.74 Å². The van der Waals surface area contributed by atoms with Crippen LogP contribution in [-0.2, 0) is 6.54 Å². The number of hydrogen-bond acceptors (Lipinski definition) is 5. The maximum absolute atomic E-state index is 5.14. The van der Waals surface area contributed by atoms with Crippen molar-refractivity contribution in [2.24, 2.45) is 0 Å². The van der Waals surface area contributed by atoms with Gasteiger partial charge in [-0.25, -0.2) is 4.98 Å². The Labute approximate surface area is 118 Å². The van der Waals surface area contributed by atoms with Crippen molar-refractivity contribution in [2.75, 3.05) is 17.7 Å². The van der Waals surface area contributed by atoms with E-state index >= 15 is 0 Å². The summed E-state index contributed by atoms with van der Waals surface area (Å²) in [6, 6.07) is 10.4. The minimum atomic E-state index is 0.597. The Kier molecular flexibility index (Phi) is 3.67. The molecule has 0 spiro atoms. The van der Waals surface area contributed by atoms with Gasteiger partial charge in [-0.15, -0.1) is 0 Å². The fraction of sp³-hybridized carbons (Fsp3) is 0.333. The molecule has 0 amide bonds.